The highest BCUT2D eigenvalue weighted by atomic mass is 32.2. The molecule has 0 N–H and O–H groups in total. The van der Waals surface area contributed by atoms with Gasteiger partial charge in [-0.05, 0) is 55.0 Å². The molecule has 4 aromatic rings. The fourth-order valence-electron chi connectivity index (χ4n) is 3.40. The molecule has 0 spiro atoms. The zero-order chi connectivity index (χ0) is 23.5. The Morgan fingerprint density at radius 1 is 1.06 bits per heavy atom. The Balaban J connectivity index is 1.77. The van der Waals surface area contributed by atoms with Gasteiger partial charge in [0.25, 0.3) is 5.56 Å². The maximum Gasteiger partial charge on any atom is 0.266 e. The molecule has 0 amide bonds. The molecule has 0 radical (unpaired) electrons. The summed E-state index contributed by atoms with van der Waals surface area (Å²) >= 11 is 1.10. The molecule has 0 saturated heterocycles. The molecule has 4 rings (SSSR count). The first-order valence-corrected chi connectivity index (χ1v) is 11.1. The molecule has 1 heterocycles. The van der Waals surface area contributed by atoms with Crippen LogP contribution in [-0.2, 0) is 0 Å². The van der Waals surface area contributed by atoms with E-state index in [0.717, 1.165) is 11.8 Å². The fraction of sp³-hybridized carbons (Fsp3) is 0.160. The number of thioether (sulfide) groups is 1. The maximum absolute atomic E-state index is 14.3. The van der Waals surface area contributed by atoms with Crippen molar-refractivity contribution in [1.82, 2.24) is 9.55 Å². The summed E-state index contributed by atoms with van der Waals surface area (Å²) in [6, 6.07) is 16.5. The number of nitrogens with zero attached hydrogens (tertiary/aromatic N) is 2. The van der Waals surface area contributed by atoms with E-state index in [1.54, 1.807) is 61.5 Å². The molecule has 168 valence electrons. The Morgan fingerprint density at radius 3 is 2.58 bits per heavy atom. The predicted molar refractivity (Wildman–Crippen MR) is 127 cm³/mol. The molecule has 0 saturated carbocycles. The summed E-state index contributed by atoms with van der Waals surface area (Å²) in [5, 5.41) is 0.695. The van der Waals surface area contributed by atoms with E-state index in [9.17, 15) is 14.0 Å². The van der Waals surface area contributed by atoms with Crippen molar-refractivity contribution in [2.45, 2.75) is 12.1 Å². The van der Waals surface area contributed by atoms with E-state index in [1.165, 1.54) is 24.9 Å². The quantitative estimate of drug-likeness (QED) is 0.222. The third kappa shape index (κ3) is 4.47. The summed E-state index contributed by atoms with van der Waals surface area (Å²) in [5.41, 5.74) is 1.34. The Morgan fingerprint density at radius 2 is 1.85 bits per heavy atom. The van der Waals surface area contributed by atoms with Crippen LogP contribution in [0.25, 0.3) is 16.6 Å². The number of ketones is 1. The van der Waals surface area contributed by atoms with E-state index < -0.39 is 5.82 Å². The Labute approximate surface area is 194 Å². The Bertz CT molecular complexity index is 1420. The first kappa shape index (κ1) is 22.5. The van der Waals surface area contributed by atoms with Crippen LogP contribution in [0.5, 0.6) is 11.5 Å². The number of halogens is 1. The summed E-state index contributed by atoms with van der Waals surface area (Å²) in [6.07, 6.45) is 0. The van der Waals surface area contributed by atoms with Gasteiger partial charge in [0.05, 0.1) is 42.1 Å². The molecule has 6 nitrogen and oxygen atoms in total. The van der Waals surface area contributed by atoms with E-state index in [1.807, 2.05) is 0 Å². The van der Waals surface area contributed by atoms with Crippen molar-refractivity contribution >= 4 is 28.4 Å². The lowest BCUT2D eigenvalue weighted by Crippen LogP contribution is -2.22. The molecule has 0 atom stereocenters. The lowest BCUT2D eigenvalue weighted by molar-refractivity contribution is 0.101. The van der Waals surface area contributed by atoms with Crippen LogP contribution in [0.3, 0.4) is 0 Å². The van der Waals surface area contributed by atoms with E-state index in [0.29, 0.717) is 39.2 Å². The second-order valence-corrected chi connectivity index (χ2v) is 8.21. The van der Waals surface area contributed by atoms with Gasteiger partial charge in [0.15, 0.2) is 10.9 Å². The molecular weight excluding hydrogens is 443 g/mol. The zero-order valence-corrected chi connectivity index (χ0v) is 19.1. The minimum Gasteiger partial charge on any atom is -0.497 e. The second-order valence-electron chi connectivity index (χ2n) is 7.26. The molecule has 0 bridgehead atoms. The van der Waals surface area contributed by atoms with Gasteiger partial charge < -0.3 is 9.47 Å². The molecule has 1 aromatic heterocycles. The van der Waals surface area contributed by atoms with Gasteiger partial charge in [-0.25, -0.2) is 9.37 Å². The number of Topliss-reactive ketones (excluding diaryl/α,β-unsaturated/α-hetero) is 1. The molecule has 0 aliphatic heterocycles. The van der Waals surface area contributed by atoms with Crippen LogP contribution in [0.15, 0.2) is 70.6 Å². The molecule has 33 heavy (non-hydrogen) atoms. The number of ether oxygens (including phenoxy) is 2. The van der Waals surface area contributed by atoms with Gasteiger partial charge in [0, 0.05) is 0 Å². The van der Waals surface area contributed by atoms with E-state index in [2.05, 4.69) is 4.98 Å². The van der Waals surface area contributed by atoms with Crippen molar-refractivity contribution in [1.29, 1.82) is 0 Å². The van der Waals surface area contributed by atoms with E-state index in [4.69, 9.17) is 9.47 Å². The van der Waals surface area contributed by atoms with Crippen molar-refractivity contribution in [3.8, 4) is 17.2 Å². The molecule has 0 aliphatic carbocycles. The van der Waals surface area contributed by atoms with Crippen LogP contribution >= 0.6 is 11.8 Å². The summed E-state index contributed by atoms with van der Waals surface area (Å²) in [7, 11) is 3.00. The normalized spacial score (nSPS) is 10.9. The van der Waals surface area contributed by atoms with Crippen LogP contribution in [0, 0.1) is 12.7 Å². The SMILES string of the molecule is COc1ccc(OC)c(C(=O)CSc2nc3ccccc3c(=O)n2-c2ccc(C)c(F)c2)c1. The number of fused-ring (bicyclic) bond motifs is 1. The zero-order valence-electron chi connectivity index (χ0n) is 18.3. The molecule has 8 heteroatoms. The fourth-order valence-corrected chi connectivity index (χ4v) is 4.29. The average Bonchev–Trinajstić information content (AvgIpc) is 2.84. The van der Waals surface area contributed by atoms with E-state index in [-0.39, 0.29) is 22.3 Å². The molecule has 0 unspecified atom stereocenters. The van der Waals surface area contributed by atoms with Gasteiger partial charge in [0.1, 0.15) is 17.3 Å². The third-order valence-electron chi connectivity index (χ3n) is 5.20. The smallest absolute Gasteiger partial charge is 0.266 e. The first-order valence-electron chi connectivity index (χ1n) is 10.1. The second kappa shape index (κ2) is 9.46. The Kier molecular flexibility index (Phi) is 6.46. The maximum atomic E-state index is 14.3. The number of carbonyl (C=O) groups is 1. The lowest BCUT2D eigenvalue weighted by atomic mass is 10.1. The van der Waals surface area contributed by atoms with Crippen LogP contribution in [0.2, 0.25) is 0 Å². The average molecular weight is 465 g/mol. The van der Waals surface area contributed by atoms with Crippen LogP contribution in [-0.4, -0.2) is 35.3 Å². The van der Waals surface area contributed by atoms with Gasteiger partial charge >= 0.3 is 0 Å². The Hall–Kier alpha value is -3.65. The van der Waals surface area contributed by atoms with Gasteiger partial charge in [-0.15, -0.1) is 0 Å². The molecule has 0 aliphatic rings. The lowest BCUT2D eigenvalue weighted by Gasteiger charge is -2.14. The number of hydrogen-bond donors (Lipinski definition) is 0. The first-order chi connectivity index (χ1) is 15.9. The monoisotopic (exact) mass is 464 g/mol. The third-order valence-corrected chi connectivity index (χ3v) is 6.14. The van der Waals surface area contributed by atoms with Crippen LogP contribution in [0.1, 0.15) is 15.9 Å². The standard InChI is InChI=1S/C25H21FN2O4S/c1-15-8-9-16(12-20(15)26)28-24(30)18-6-4-5-7-21(18)27-25(28)33-14-22(29)19-13-17(31-2)10-11-23(19)32-3/h4-13H,14H2,1-3H3. The molecular formula is C25H21FN2O4S. The highest BCUT2D eigenvalue weighted by Gasteiger charge is 2.18. The van der Waals surface area contributed by atoms with Gasteiger partial charge in [-0.2, -0.15) is 0 Å². The molecule has 3 aromatic carbocycles. The van der Waals surface area contributed by atoms with Gasteiger partial charge in [-0.1, -0.05) is 30.0 Å². The number of para-hydroxylation sites is 1. The topological polar surface area (TPSA) is 70.4 Å². The minimum atomic E-state index is -0.430. The number of aromatic nitrogens is 2. The highest BCUT2D eigenvalue weighted by Crippen LogP contribution is 2.28. The minimum absolute atomic E-state index is 0.0113. The highest BCUT2D eigenvalue weighted by molar-refractivity contribution is 7.99. The number of benzene rings is 3. The molecule has 0 fully saturated rings. The van der Waals surface area contributed by atoms with Gasteiger partial charge in [0.2, 0.25) is 0 Å². The van der Waals surface area contributed by atoms with Crippen molar-refractivity contribution in [2.75, 3.05) is 20.0 Å². The number of carbonyl (C=O) groups excluding carboxylic acids is 1. The van der Waals surface area contributed by atoms with Crippen molar-refractivity contribution in [3.63, 3.8) is 0 Å². The van der Waals surface area contributed by atoms with Crippen LogP contribution in [0.4, 0.5) is 4.39 Å². The van der Waals surface area contributed by atoms with Crippen molar-refractivity contribution < 1.29 is 18.7 Å². The van der Waals surface area contributed by atoms with Crippen molar-refractivity contribution in [2.24, 2.45) is 0 Å². The number of rotatable bonds is 7. The number of hydrogen-bond acceptors (Lipinski definition) is 6. The summed E-state index contributed by atoms with van der Waals surface area (Å²) < 4.78 is 26.2. The summed E-state index contributed by atoms with van der Waals surface area (Å²) in [5.74, 6) is 0.286. The van der Waals surface area contributed by atoms with Crippen LogP contribution < -0.4 is 15.0 Å². The number of methoxy groups -OCH3 is 2. The predicted octanol–water partition coefficient (Wildman–Crippen LogP) is 4.83. The number of aryl methyl sites for hydroxylation is 1. The summed E-state index contributed by atoms with van der Waals surface area (Å²) in [6.45, 7) is 1.65. The van der Waals surface area contributed by atoms with E-state index >= 15 is 0 Å². The largest absolute Gasteiger partial charge is 0.497 e. The van der Waals surface area contributed by atoms with Crippen molar-refractivity contribution in [3.05, 3.63) is 88.0 Å². The summed E-state index contributed by atoms with van der Waals surface area (Å²) in [4.78, 5) is 30.9. The van der Waals surface area contributed by atoms with Gasteiger partial charge in [-0.3, -0.25) is 14.2 Å².